The highest BCUT2D eigenvalue weighted by Crippen LogP contribution is 2.23. The maximum Gasteiger partial charge on any atom is 0.410 e. The van der Waals surface area contributed by atoms with Gasteiger partial charge in [0.1, 0.15) is 13.2 Å². The van der Waals surface area contributed by atoms with Gasteiger partial charge < -0.3 is 19.5 Å². The molecule has 1 aromatic rings. The Morgan fingerprint density at radius 1 is 1.27 bits per heavy atom. The highest BCUT2D eigenvalue weighted by atomic mass is 32.2. The van der Waals surface area contributed by atoms with Gasteiger partial charge in [0.15, 0.2) is 0 Å². The first-order valence-corrected chi connectivity index (χ1v) is 9.71. The molecule has 0 aromatic heterocycles. The van der Waals surface area contributed by atoms with Gasteiger partial charge in [-0.25, -0.2) is 9.59 Å². The number of carbonyl (C=O) groups is 2. The molecule has 9 nitrogen and oxygen atoms in total. The lowest BCUT2D eigenvalue weighted by molar-refractivity contribution is -0.142. The summed E-state index contributed by atoms with van der Waals surface area (Å²) >= 11 is 0. The first-order valence-electron chi connectivity index (χ1n) is 7.89. The van der Waals surface area contributed by atoms with Crippen LogP contribution in [0, 0.1) is 0 Å². The number of likely N-dealkylation sites (tertiary alicyclic amines) is 1. The molecule has 1 fully saturated rings. The third-order valence-electron chi connectivity index (χ3n) is 3.66. The summed E-state index contributed by atoms with van der Waals surface area (Å²) in [4.78, 5) is 24.2. The monoisotopic (exact) mass is 387 g/mol. The first-order chi connectivity index (χ1) is 12.2. The third-order valence-corrected chi connectivity index (χ3v) is 4.28. The van der Waals surface area contributed by atoms with Crippen molar-refractivity contribution >= 4 is 22.2 Å². The molecule has 1 N–H and O–H groups in total. The molecule has 26 heavy (non-hydrogen) atoms. The van der Waals surface area contributed by atoms with Crippen LogP contribution in [-0.4, -0.2) is 68.6 Å². The van der Waals surface area contributed by atoms with Gasteiger partial charge in [-0.3, -0.25) is 4.18 Å². The van der Waals surface area contributed by atoms with Gasteiger partial charge in [0.25, 0.3) is 10.1 Å². The molecule has 0 bridgehead atoms. The van der Waals surface area contributed by atoms with Crippen LogP contribution in [0.3, 0.4) is 0 Å². The van der Waals surface area contributed by atoms with Crippen molar-refractivity contribution in [2.75, 3.05) is 26.0 Å². The minimum absolute atomic E-state index is 0.0157. The lowest BCUT2D eigenvalue weighted by Gasteiger charge is -2.23. The first kappa shape index (κ1) is 20.1. The van der Waals surface area contributed by atoms with E-state index in [0.717, 1.165) is 11.8 Å². The molecule has 1 aliphatic rings. The van der Waals surface area contributed by atoms with Crippen LogP contribution in [0.15, 0.2) is 30.3 Å². The van der Waals surface area contributed by atoms with Crippen molar-refractivity contribution in [3.8, 4) is 0 Å². The molecule has 0 aliphatic carbocycles. The highest BCUT2D eigenvalue weighted by molar-refractivity contribution is 7.86. The fourth-order valence-electron chi connectivity index (χ4n) is 2.66. The Morgan fingerprint density at radius 2 is 1.96 bits per heavy atom. The van der Waals surface area contributed by atoms with E-state index in [2.05, 4.69) is 0 Å². The third kappa shape index (κ3) is 6.62. The van der Waals surface area contributed by atoms with E-state index in [1.165, 1.54) is 4.90 Å². The van der Waals surface area contributed by atoms with Gasteiger partial charge >= 0.3 is 12.1 Å². The van der Waals surface area contributed by atoms with Crippen molar-refractivity contribution in [3.63, 3.8) is 0 Å². The quantitative estimate of drug-likeness (QED) is 0.652. The maximum absolute atomic E-state index is 12.4. The van der Waals surface area contributed by atoms with E-state index in [0.29, 0.717) is 0 Å². The summed E-state index contributed by atoms with van der Waals surface area (Å²) in [6, 6.07) is 8.55. The van der Waals surface area contributed by atoms with Crippen molar-refractivity contribution in [2.45, 2.75) is 25.2 Å². The zero-order chi connectivity index (χ0) is 19.2. The Hall–Kier alpha value is -2.17. The van der Waals surface area contributed by atoms with Gasteiger partial charge in [-0.1, -0.05) is 30.3 Å². The van der Waals surface area contributed by atoms with E-state index in [9.17, 15) is 18.0 Å². The van der Waals surface area contributed by atoms with Gasteiger partial charge in [-0.15, -0.1) is 0 Å². The fourth-order valence-corrected chi connectivity index (χ4v) is 3.29. The number of carbonyl (C=O) groups excluding carboxylic acids is 1. The predicted octanol–water partition coefficient (Wildman–Crippen LogP) is 0.844. The van der Waals surface area contributed by atoms with Crippen molar-refractivity contribution in [3.05, 3.63) is 35.9 Å². The topological polar surface area (TPSA) is 119 Å². The van der Waals surface area contributed by atoms with Crippen LogP contribution >= 0.6 is 0 Å². The van der Waals surface area contributed by atoms with Crippen molar-refractivity contribution in [1.29, 1.82) is 0 Å². The standard InChI is InChI=1S/C16H21NO8S/c1-26(21,22)25-14-7-13(10-23-11-15(18)19)17(8-14)16(20)24-9-12-5-3-2-4-6-12/h2-6,13-14H,7-11H2,1H3,(H,18,19)/t13-,14+/m0/s1. The van der Waals surface area contributed by atoms with Crippen LogP contribution in [0.1, 0.15) is 12.0 Å². The van der Waals surface area contributed by atoms with E-state index >= 15 is 0 Å². The number of amides is 1. The number of benzene rings is 1. The van der Waals surface area contributed by atoms with Crippen LogP contribution in [0.25, 0.3) is 0 Å². The van der Waals surface area contributed by atoms with E-state index in [4.69, 9.17) is 18.8 Å². The van der Waals surface area contributed by atoms with E-state index < -0.39 is 40.9 Å². The van der Waals surface area contributed by atoms with Gasteiger partial charge in [0, 0.05) is 0 Å². The molecule has 10 heteroatoms. The molecule has 0 unspecified atom stereocenters. The maximum atomic E-state index is 12.4. The Balaban J connectivity index is 1.97. The molecule has 1 aromatic carbocycles. The molecule has 0 radical (unpaired) electrons. The Morgan fingerprint density at radius 3 is 2.58 bits per heavy atom. The summed E-state index contributed by atoms with van der Waals surface area (Å²) in [5.41, 5.74) is 0.808. The minimum atomic E-state index is -3.68. The van der Waals surface area contributed by atoms with Crippen LogP contribution < -0.4 is 0 Å². The second-order valence-corrected chi connectivity index (χ2v) is 7.51. The average Bonchev–Trinajstić information content (AvgIpc) is 2.94. The Labute approximate surface area is 151 Å². The number of hydrogen-bond donors (Lipinski definition) is 1. The lowest BCUT2D eigenvalue weighted by atomic mass is 10.2. The van der Waals surface area contributed by atoms with E-state index in [-0.39, 0.29) is 26.2 Å². The van der Waals surface area contributed by atoms with Gasteiger partial charge in [0.05, 0.1) is 31.6 Å². The molecule has 2 rings (SSSR count). The molecule has 1 saturated heterocycles. The molecular weight excluding hydrogens is 366 g/mol. The molecule has 2 atom stereocenters. The zero-order valence-electron chi connectivity index (χ0n) is 14.2. The van der Waals surface area contributed by atoms with Crippen LogP contribution in [0.4, 0.5) is 4.79 Å². The molecule has 1 aliphatic heterocycles. The Kier molecular flexibility index (Phi) is 6.95. The van der Waals surface area contributed by atoms with Crippen molar-refractivity contribution < 1.29 is 36.8 Å². The summed E-state index contributed by atoms with van der Waals surface area (Å²) < 4.78 is 37.9. The number of aliphatic carboxylic acids is 1. The summed E-state index contributed by atoms with van der Waals surface area (Å²) in [6.07, 6.45) is -0.239. The molecule has 1 heterocycles. The molecule has 0 spiro atoms. The van der Waals surface area contributed by atoms with E-state index in [1.54, 1.807) is 12.1 Å². The summed E-state index contributed by atoms with van der Waals surface area (Å²) in [5.74, 6) is -1.13. The zero-order valence-corrected chi connectivity index (χ0v) is 15.1. The SMILES string of the molecule is CS(=O)(=O)O[C@@H]1C[C@@H](COCC(=O)O)N(C(=O)OCc2ccccc2)C1. The predicted molar refractivity (Wildman–Crippen MR) is 89.9 cm³/mol. The Bertz CT molecular complexity index is 721. The number of rotatable bonds is 8. The van der Waals surface area contributed by atoms with Crippen LogP contribution in [0.2, 0.25) is 0 Å². The van der Waals surface area contributed by atoms with Gasteiger partial charge in [-0.2, -0.15) is 8.42 Å². The summed E-state index contributed by atoms with van der Waals surface area (Å²) in [7, 11) is -3.68. The fraction of sp³-hybridized carbons (Fsp3) is 0.500. The molecule has 144 valence electrons. The molecular formula is C16H21NO8S. The van der Waals surface area contributed by atoms with Gasteiger partial charge in [-0.05, 0) is 12.0 Å². The second kappa shape index (κ2) is 8.97. The molecule has 1 amide bonds. The second-order valence-electron chi connectivity index (χ2n) is 5.91. The number of carboxylic acid groups (broad SMARTS) is 1. The summed E-state index contributed by atoms with van der Waals surface area (Å²) in [5, 5.41) is 8.64. The van der Waals surface area contributed by atoms with Crippen molar-refractivity contribution in [2.24, 2.45) is 0 Å². The lowest BCUT2D eigenvalue weighted by Crippen LogP contribution is -2.39. The minimum Gasteiger partial charge on any atom is -0.480 e. The smallest absolute Gasteiger partial charge is 0.410 e. The average molecular weight is 387 g/mol. The van der Waals surface area contributed by atoms with Crippen LogP contribution in [0.5, 0.6) is 0 Å². The number of nitrogens with zero attached hydrogens (tertiary/aromatic N) is 1. The molecule has 0 saturated carbocycles. The largest absolute Gasteiger partial charge is 0.480 e. The number of carboxylic acids is 1. The number of hydrogen-bond acceptors (Lipinski definition) is 7. The van der Waals surface area contributed by atoms with Crippen molar-refractivity contribution in [1.82, 2.24) is 4.90 Å². The normalized spacial score (nSPS) is 20.1. The van der Waals surface area contributed by atoms with E-state index in [1.807, 2.05) is 18.2 Å². The number of ether oxygens (including phenoxy) is 2. The van der Waals surface area contributed by atoms with Crippen LogP contribution in [-0.2, 0) is 35.2 Å². The van der Waals surface area contributed by atoms with Gasteiger partial charge in [0.2, 0.25) is 0 Å². The summed E-state index contributed by atoms with van der Waals surface area (Å²) in [6.45, 7) is -0.490. The highest BCUT2D eigenvalue weighted by Gasteiger charge is 2.38.